The lowest BCUT2D eigenvalue weighted by molar-refractivity contribution is -0.121. The molecule has 0 saturated heterocycles. The van der Waals surface area contributed by atoms with Gasteiger partial charge in [0.1, 0.15) is 17.8 Å². The molecule has 0 unspecified atom stereocenters. The van der Waals surface area contributed by atoms with Gasteiger partial charge in [-0.05, 0) is 23.6 Å². The summed E-state index contributed by atoms with van der Waals surface area (Å²) in [5.74, 6) is 2.15. The van der Waals surface area contributed by atoms with Gasteiger partial charge in [0, 0.05) is 18.4 Å². The highest BCUT2D eigenvalue weighted by Crippen LogP contribution is 2.24. The fourth-order valence-corrected chi connectivity index (χ4v) is 3.34. The Kier molecular flexibility index (Phi) is 5.16. The summed E-state index contributed by atoms with van der Waals surface area (Å²) < 4.78 is 11.3. The Morgan fingerprint density at radius 3 is 2.78 bits per heavy atom. The molecule has 0 saturated carbocycles. The van der Waals surface area contributed by atoms with Gasteiger partial charge in [-0.15, -0.1) is 11.3 Å². The topological polar surface area (TPSA) is 68.3 Å². The van der Waals surface area contributed by atoms with Crippen molar-refractivity contribution in [1.82, 2.24) is 10.3 Å². The Morgan fingerprint density at radius 2 is 1.96 bits per heavy atom. The van der Waals surface area contributed by atoms with Gasteiger partial charge >= 0.3 is 0 Å². The lowest BCUT2D eigenvalue weighted by atomic mass is 10.2. The number of benzene rings is 1. The largest absolute Gasteiger partial charge is 0.461 e. The highest BCUT2D eigenvalue weighted by atomic mass is 32.1. The van der Waals surface area contributed by atoms with Gasteiger partial charge in [-0.1, -0.05) is 36.4 Å². The van der Waals surface area contributed by atoms with Crippen molar-refractivity contribution in [2.24, 2.45) is 0 Å². The third kappa shape index (κ3) is 4.35. The summed E-state index contributed by atoms with van der Waals surface area (Å²) in [7, 11) is 0. The molecule has 4 rings (SSSR count). The predicted octanol–water partition coefficient (Wildman–Crippen LogP) is 4.91. The third-order valence-corrected chi connectivity index (χ3v) is 4.93. The van der Waals surface area contributed by atoms with E-state index in [9.17, 15) is 4.79 Å². The monoisotopic (exact) mass is 378 g/mol. The molecule has 1 N–H and O–H groups in total. The number of carbonyl (C=O) groups excluding carboxylic acids is 1. The molecule has 1 amide bonds. The molecule has 136 valence electrons. The van der Waals surface area contributed by atoms with E-state index in [4.69, 9.17) is 8.83 Å². The van der Waals surface area contributed by atoms with Crippen LogP contribution in [0.15, 0.2) is 75.1 Å². The number of oxazole rings is 1. The smallest absolute Gasteiger partial charge is 0.236 e. The molecule has 27 heavy (non-hydrogen) atoms. The number of hydrogen-bond donors (Lipinski definition) is 1. The first-order chi connectivity index (χ1) is 13.3. The first kappa shape index (κ1) is 17.3. The zero-order valence-electron chi connectivity index (χ0n) is 14.6. The molecule has 0 atom stereocenters. The Balaban J connectivity index is 1.26. The van der Waals surface area contributed by atoms with Crippen molar-refractivity contribution in [3.05, 3.63) is 77.7 Å². The first-order valence-electron chi connectivity index (χ1n) is 8.67. The summed E-state index contributed by atoms with van der Waals surface area (Å²) in [5, 5.41) is 4.84. The van der Waals surface area contributed by atoms with E-state index in [1.807, 2.05) is 60.0 Å². The summed E-state index contributed by atoms with van der Waals surface area (Å²) in [5.41, 5.74) is 1.73. The number of rotatable bonds is 7. The number of nitrogens with zero attached hydrogens (tertiary/aromatic N) is 1. The maximum Gasteiger partial charge on any atom is 0.236 e. The van der Waals surface area contributed by atoms with E-state index in [0.29, 0.717) is 31.0 Å². The van der Waals surface area contributed by atoms with E-state index in [2.05, 4.69) is 10.3 Å². The second kappa shape index (κ2) is 8.05. The van der Waals surface area contributed by atoms with Crippen LogP contribution in [-0.2, 0) is 17.8 Å². The molecule has 0 radical (unpaired) electrons. The quantitative estimate of drug-likeness (QED) is 0.496. The molecule has 0 aliphatic carbocycles. The molecule has 6 heteroatoms. The SMILES string of the molecule is O=C(CCc1ccc(-c2ccccc2)o1)NCc1coc(-c2cccs2)n1. The van der Waals surface area contributed by atoms with Crippen molar-refractivity contribution in [2.75, 3.05) is 0 Å². The molecule has 0 aliphatic rings. The van der Waals surface area contributed by atoms with Gasteiger partial charge in [0.25, 0.3) is 0 Å². The van der Waals surface area contributed by atoms with Crippen molar-refractivity contribution in [3.63, 3.8) is 0 Å². The number of nitrogens with one attached hydrogen (secondary N) is 1. The van der Waals surface area contributed by atoms with E-state index < -0.39 is 0 Å². The fourth-order valence-electron chi connectivity index (χ4n) is 2.69. The number of aromatic nitrogens is 1. The van der Waals surface area contributed by atoms with E-state index in [-0.39, 0.29) is 5.91 Å². The van der Waals surface area contributed by atoms with Crippen LogP contribution >= 0.6 is 11.3 Å². The molecule has 0 aliphatic heterocycles. The second-order valence-corrected chi connectivity index (χ2v) is 6.98. The summed E-state index contributed by atoms with van der Waals surface area (Å²) >= 11 is 1.57. The molecular formula is C21H18N2O3S. The van der Waals surface area contributed by atoms with Crippen molar-refractivity contribution in [2.45, 2.75) is 19.4 Å². The van der Waals surface area contributed by atoms with Crippen LogP contribution in [0, 0.1) is 0 Å². The van der Waals surface area contributed by atoms with Crippen molar-refractivity contribution in [1.29, 1.82) is 0 Å². The van der Waals surface area contributed by atoms with E-state index in [1.54, 1.807) is 17.6 Å². The van der Waals surface area contributed by atoms with Crippen LogP contribution in [0.3, 0.4) is 0 Å². The standard InChI is InChI=1S/C21H18N2O3S/c24-20(22-13-16-14-25-21(23-16)19-7-4-12-27-19)11-9-17-8-10-18(26-17)15-5-2-1-3-6-15/h1-8,10,12,14H,9,11,13H2,(H,22,24). The van der Waals surface area contributed by atoms with Crippen LogP contribution in [0.2, 0.25) is 0 Å². The zero-order valence-corrected chi connectivity index (χ0v) is 15.4. The zero-order chi connectivity index (χ0) is 18.5. The van der Waals surface area contributed by atoms with Crippen molar-refractivity contribution >= 4 is 17.2 Å². The van der Waals surface area contributed by atoms with E-state index >= 15 is 0 Å². The molecule has 0 fully saturated rings. The maximum absolute atomic E-state index is 12.1. The Morgan fingerprint density at radius 1 is 1.07 bits per heavy atom. The minimum atomic E-state index is -0.0478. The van der Waals surface area contributed by atoms with Crippen LogP contribution < -0.4 is 5.32 Å². The Hall–Kier alpha value is -3.12. The maximum atomic E-state index is 12.1. The lowest BCUT2D eigenvalue weighted by Crippen LogP contribution is -2.23. The fraction of sp³-hybridized carbons (Fsp3) is 0.143. The molecule has 4 aromatic rings. The first-order valence-corrected chi connectivity index (χ1v) is 9.55. The van der Waals surface area contributed by atoms with Gasteiger partial charge in [0.05, 0.1) is 17.1 Å². The number of furan rings is 1. The number of aryl methyl sites for hydroxylation is 1. The number of carbonyl (C=O) groups is 1. The minimum absolute atomic E-state index is 0.0478. The van der Waals surface area contributed by atoms with E-state index in [0.717, 1.165) is 22.0 Å². The average molecular weight is 378 g/mol. The third-order valence-electron chi connectivity index (χ3n) is 4.07. The van der Waals surface area contributed by atoms with Gasteiger partial charge in [-0.25, -0.2) is 4.98 Å². The van der Waals surface area contributed by atoms with Crippen LogP contribution in [0.25, 0.3) is 22.1 Å². The molecule has 0 bridgehead atoms. The molecule has 3 heterocycles. The molecular weight excluding hydrogens is 360 g/mol. The highest BCUT2D eigenvalue weighted by molar-refractivity contribution is 7.13. The Labute approximate surface area is 160 Å². The van der Waals surface area contributed by atoms with Gasteiger partial charge < -0.3 is 14.2 Å². The molecule has 1 aromatic carbocycles. The van der Waals surface area contributed by atoms with Gasteiger partial charge in [0.2, 0.25) is 11.8 Å². The number of hydrogen-bond acceptors (Lipinski definition) is 5. The Bertz CT molecular complexity index is 1000. The summed E-state index contributed by atoms with van der Waals surface area (Å²) in [6.45, 7) is 0.348. The molecule has 3 aromatic heterocycles. The summed E-state index contributed by atoms with van der Waals surface area (Å²) in [6.07, 6.45) is 2.49. The highest BCUT2D eigenvalue weighted by Gasteiger charge is 2.10. The van der Waals surface area contributed by atoms with Crippen molar-refractivity contribution in [3.8, 4) is 22.1 Å². The summed E-state index contributed by atoms with van der Waals surface area (Å²) in [6, 6.07) is 17.7. The van der Waals surface area contributed by atoms with E-state index in [1.165, 1.54) is 0 Å². The average Bonchev–Trinajstić information content (AvgIpc) is 3.47. The second-order valence-electron chi connectivity index (χ2n) is 6.03. The van der Waals surface area contributed by atoms with Crippen molar-refractivity contribution < 1.29 is 13.6 Å². The summed E-state index contributed by atoms with van der Waals surface area (Å²) in [4.78, 5) is 17.5. The number of amides is 1. The molecule has 5 nitrogen and oxygen atoms in total. The normalized spacial score (nSPS) is 10.8. The van der Waals surface area contributed by atoms with Gasteiger partial charge in [0.15, 0.2) is 0 Å². The molecule has 0 spiro atoms. The van der Waals surface area contributed by atoms with Crippen LogP contribution in [0.5, 0.6) is 0 Å². The van der Waals surface area contributed by atoms with Gasteiger partial charge in [-0.2, -0.15) is 0 Å². The minimum Gasteiger partial charge on any atom is -0.461 e. The van der Waals surface area contributed by atoms with Gasteiger partial charge in [-0.3, -0.25) is 4.79 Å². The van der Waals surface area contributed by atoms with Crippen LogP contribution in [0.4, 0.5) is 0 Å². The predicted molar refractivity (Wildman–Crippen MR) is 104 cm³/mol. The number of thiophene rings is 1. The van der Waals surface area contributed by atoms with Crippen LogP contribution in [-0.4, -0.2) is 10.9 Å². The van der Waals surface area contributed by atoms with Crippen LogP contribution in [0.1, 0.15) is 17.9 Å². The lowest BCUT2D eigenvalue weighted by Gasteiger charge is -2.02.